The van der Waals surface area contributed by atoms with Crippen molar-refractivity contribution in [2.75, 3.05) is 6.61 Å². The molecule has 0 unspecified atom stereocenters. The molecular formula is C5H9NNaO3PS. The van der Waals surface area contributed by atoms with Gasteiger partial charge in [0.1, 0.15) is 0 Å². The van der Waals surface area contributed by atoms with Gasteiger partial charge in [-0.15, -0.1) is 6.58 Å². The Morgan fingerprint density at radius 3 is 2.75 bits per heavy atom. The third-order valence-corrected chi connectivity index (χ3v) is 2.32. The third-order valence-electron chi connectivity index (χ3n) is 0.657. The summed E-state index contributed by atoms with van der Waals surface area (Å²) < 4.78 is 4.61. The van der Waals surface area contributed by atoms with Gasteiger partial charge in [0.15, 0.2) is 0 Å². The third kappa shape index (κ3) is 8.87. The maximum absolute atomic E-state index is 11.0. The average molecular weight is 217 g/mol. The van der Waals surface area contributed by atoms with E-state index in [1.54, 1.807) is 0 Å². The van der Waals surface area contributed by atoms with Crippen molar-refractivity contribution in [1.29, 1.82) is 0 Å². The number of rotatable bonds is 4. The maximum atomic E-state index is 11.0. The largest absolute Gasteiger partial charge is 1.00 e. The average Bonchev–Trinajstić information content (AvgIpc) is 1.81. The van der Waals surface area contributed by atoms with Crippen LogP contribution in [0.3, 0.4) is 0 Å². The first-order valence-electron chi connectivity index (χ1n) is 2.83. The van der Waals surface area contributed by atoms with E-state index in [1.165, 1.54) is 13.0 Å². The van der Waals surface area contributed by atoms with E-state index in [2.05, 4.69) is 22.9 Å². The molecular weight excluding hydrogens is 208 g/mol. The van der Waals surface area contributed by atoms with Crippen LogP contribution in [0.15, 0.2) is 12.7 Å². The zero-order valence-corrected chi connectivity index (χ0v) is 10.8. The Bertz CT molecular complexity index is 211. The first kappa shape index (κ1) is 15.3. The molecule has 1 N–H and O–H groups in total. The van der Waals surface area contributed by atoms with E-state index in [1.807, 2.05) is 5.09 Å². The number of hydrogen-bond acceptors (Lipinski definition) is 4. The second-order valence-electron chi connectivity index (χ2n) is 1.75. The SMILES string of the molecule is C=CCO[P@]([O-])(=S)NC(C)=O.[Na+]. The smallest absolute Gasteiger partial charge is 0.785 e. The molecule has 12 heavy (non-hydrogen) atoms. The summed E-state index contributed by atoms with van der Waals surface area (Å²) in [5.74, 6) is -0.465. The second-order valence-corrected chi connectivity index (χ2v) is 4.67. The summed E-state index contributed by atoms with van der Waals surface area (Å²) >= 11 is 4.44. The molecule has 0 aliphatic rings. The van der Waals surface area contributed by atoms with E-state index in [4.69, 9.17) is 0 Å². The van der Waals surface area contributed by atoms with Crippen molar-refractivity contribution >= 4 is 24.4 Å². The van der Waals surface area contributed by atoms with Gasteiger partial charge < -0.3 is 14.5 Å². The fraction of sp³-hybridized carbons (Fsp3) is 0.400. The summed E-state index contributed by atoms with van der Waals surface area (Å²) in [6, 6.07) is 0. The molecule has 0 fully saturated rings. The van der Waals surface area contributed by atoms with Gasteiger partial charge >= 0.3 is 29.6 Å². The fourth-order valence-corrected chi connectivity index (χ4v) is 1.70. The van der Waals surface area contributed by atoms with Crippen molar-refractivity contribution in [3.8, 4) is 0 Å². The molecule has 7 heteroatoms. The zero-order chi connectivity index (χ0) is 8.91. The van der Waals surface area contributed by atoms with E-state index in [0.717, 1.165) is 0 Å². The van der Waals surface area contributed by atoms with Gasteiger partial charge in [-0.25, -0.2) is 0 Å². The van der Waals surface area contributed by atoms with Crippen LogP contribution >= 0.6 is 6.64 Å². The van der Waals surface area contributed by atoms with Gasteiger partial charge in [-0.3, -0.25) is 4.79 Å². The minimum atomic E-state index is -3.35. The molecule has 0 saturated heterocycles. The van der Waals surface area contributed by atoms with Crippen LogP contribution in [-0.2, 0) is 21.1 Å². The summed E-state index contributed by atoms with van der Waals surface area (Å²) in [5.41, 5.74) is 0. The number of carbonyl (C=O) groups excluding carboxylic acids is 1. The van der Waals surface area contributed by atoms with Crippen molar-refractivity contribution < 1.29 is 43.8 Å². The summed E-state index contributed by atoms with van der Waals surface area (Å²) in [6.07, 6.45) is 1.40. The molecule has 0 aromatic rings. The molecule has 0 saturated carbocycles. The molecule has 0 spiro atoms. The maximum Gasteiger partial charge on any atom is 1.00 e. The van der Waals surface area contributed by atoms with Crippen LogP contribution in [-0.4, -0.2) is 12.5 Å². The van der Waals surface area contributed by atoms with Crippen molar-refractivity contribution in [3.05, 3.63) is 12.7 Å². The minimum Gasteiger partial charge on any atom is -0.785 e. The normalized spacial score (nSPS) is 13.8. The van der Waals surface area contributed by atoms with Gasteiger partial charge in [0.2, 0.25) is 5.91 Å². The molecule has 1 atom stereocenters. The van der Waals surface area contributed by atoms with E-state index in [9.17, 15) is 9.69 Å². The Morgan fingerprint density at radius 2 is 2.42 bits per heavy atom. The zero-order valence-electron chi connectivity index (χ0n) is 7.07. The van der Waals surface area contributed by atoms with Crippen LogP contribution < -0.4 is 39.5 Å². The van der Waals surface area contributed by atoms with E-state index in [0.29, 0.717) is 0 Å². The fourth-order valence-electron chi connectivity index (χ4n) is 0.376. The summed E-state index contributed by atoms with van der Waals surface area (Å²) in [7, 11) is 0. The first-order valence-corrected chi connectivity index (χ1v) is 5.47. The second kappa shape index (κ2) is 7.21. The quantitative estimate of drug-likeness (QED) is 0.308. The van der Waals surface area contributed by atoms with Gasteiger partial charge in [0.25, 0.3) is 0 Å². The monoisotopic (exact) mass is 217 g/mol. The predicted molar refractivity (Wildman–Crippen MR) is 44.3 cm³/mol. The number of amides is 1. The summed E-state index contributed by atoms with van der Waals surface area (Å²) in [5, 5.41) is 2.02. The molecule has 0 aliphatic carbocycles. The summed E-state index contributed by atoms with van der Waals surface area (Å²) in [6.45, 7) is 1.27. The van der Waals surface area contributed by atoms with Crippen LogP contribution in [0.1, 0.15) is 6.92 Å². The number of hydrogen-bond donors (Lipinski definition) is 1. The minimum absolute atomic E-state index is 0. The van der Waals surface area contributed by atoms with E-state index in [-0.39, 0.29) is 36.2 Å². The Hall–Kier alpha value is 0.780. The van der Waals surface area contributed by atoms with E-state index >= 15 is 0 Å². The molecule has 0 bridgehead atoms. The molecule has 64 valence electrons. The molecule has 0 rings (SSSR count). The Balaban J connectivity index is 0. The Labute approximate surface area is 98.9 Å². The van der Waals surface area contributed by atoms with Gasteiger partial charge in [0.05, 0.1) is 13.2 Å². The van der Waals surface area contributed by atoms with Crippen molar-refractivity contribution in [1.82, 2.24) is 5.09 Å². The molecule has 0 radical (unpaired) electrons. The van der Waals surface area contributed by atoms with Gasteiger partial charge in [-0.1, -0.05) is 17.9 Å². The molecule has 0 aromatic carbocycles. The van der Waals surface area contributed by atoms with E-state index < -0.39 is 12.5 Å². The topological polar surface area (TPSA) is 61.4 Å². The van der Waals surface area contributed by atoms with Crippen molar-refractivity contribution in [2.24, 2.45) is 0 Å². The van der Waals surface area contributed by atoms with Crippen LogP contribution in [0, 0.1) is 0 Å². The number of nitrogens with one attached hydrogen (secondary N) is 1. The van der Waals surface area contributed by atoms with Crippen LogP contribution in [0.2, 0.25) is 0 Å². The number of carbonyl (C=O) groups is 1. The molecule has 0 aliphatic heterocycles. The molecule has 0 heterocycles. The predicted octanol–water partition coefficient (Wildman–Crippen LogP) is -3.09. The summed E-state index contributed by atoms with van der Waals surface area (Å²) in [4.78, 5) is 21.4. The van der Waals surface area contributed by atoms with Crippen molar-refractivity contribution in [2.45, 2.75) is 6.92 Å². The first-order chi connectivity index (χ1) is 4.98. The van der Waals surface area contributed by atoms with Gasteiger partial charge in [-0.2, -0.15) is 0 Å². The van der Waals surface area contributed by atoms with Crippen LogP contribution in [0.4, 0.5) is 0 Å². The van der Waals surface area contributed by atoms with Gasteiger partial charge in [0, 0.05) is 6.92 Å². The van der Waals surface area contributed by atoms with Gasteiger partial charge in [-0.05, 0) is 0 Å². The molecule has 4 nitrogen and oxygen atoms in total. The van der Waals surface area contributed by atoms with Crippen LogP contribution in [0.5, 0.6) is 0 Å². The Kier molecular flexibility index (Phi) is 9.17. The van der Waals surface area contributed by atoms with Crippen LogP contribution in [0.25, 0.3) is 0 Å². The standard InChI is InChI=1S/C5H10NO3PS.Na/c1-3-4-9-10(8,11)6-5(2)7;/h3H,1,4H2,2H3,(H2,6,7,8,11);/q;+1/p-1/t10-;/m0./s1. The van der Waals surface area contributed by atoms with Crippen molar-refractivity contribution in [3.63, 3.8) is 0 Å². The molecule has 1 amide bonds. The molecule has 0 aromatic heterocycles. The Morgan fingerprint density at radius 1 is 1.92 bits per heavy atom.